The van der Waals surface area contributed by atoms with Gasteiger partial charge in [0.05, 0.1) is 10.3 Å². The van der Waals surface area contributed by atoms with Crippen LogP contribution >= 0.6 is 27.3 Å². The summed E-state index contributed by atoms with van der Waals surface area (Å²) >= 11 is 4.88. The Morgan fingerprint density at radius 3 is 2.93 bits per heavy atom. The first-order valence-electron chi connectivity index (χ1n) is 3.82. The number of halogens is 1. The summed E-state index contributed by atoms with van der Waals surface area (Å²) in [5.41, 5.74) is 1.09. The third kappa shape index (κ3) is 1.35. The molecule has 0 aliphatic heterocycles. The molecule has 0 saturated carbocycles. The van der Waals surface area contributed by atoms with Crippen LogP contribution in [0.2, 0.25) is 0 Å². The first-order valence-corrected chi connectivity index (χ1v) is 5.49. The molecule has 0 N–H and O–H groups in total. The maximum Gasteiger partial charge on any atom is 0.150 e. The van der Waals surface area contributed by atoms with Crippen molar-refractivity contribution in [3.8, 4) is 6.07 Å². The summed E-state index contributed by atoms with van der Waals surface area (Å²) in [5.74, 6) is 0. The lowest BCUT2D eigenvalue weighted by molar-refractivity contribution is 0.112. The molecule has 0 bridgehead atoms. The van der Waals surface area contributed by atoms with E-state index in [2.05, 4.69) is 22.0 Å². The zero-order chi connectivity index (χ0) is 10.1. The third-order valence-electron chi connectivity index (χ3n) is 1.91. The van der Waals surface area contributed by atoms with Crippen LogP contribution in [0, 0.1) is 11.3 Å². The molecule has 0 fully saturated rings. The first kappa shape index (κ1) is 9.38. The quantitative estimate of drug-likeness (QED) is 0.742. The Balaban J connectivity index is 2.91. The Kier molecular flexibility index (Phi) is 2.36. The molecule has 0 atom stereocenters. The van der Waals surface area contributed by atoms with Crippen LogP contribution in [0.25, 0.3) is 10.1 Å². The highest BCUT2D eigenvalue weighted by molar-refractivity contribution is 9.10. The molecule has 1 heterocycles. The predicted octanol–water partition coefficient (Wildman–Crippen LogP) is 3.35. The van der Waals surface area contributed by atoms with E-state index < -0.39 is 0 Å². The van der Waals surface area contributed by atoms with Crippen molar-refractivity contribution < 1.29 is 4.79 Å². The van der Waals surface area contributed by atoms with Crippen molar-refractivity contribution in [3.05, 3.63) is 33.1 Å². The molecule has 2 nitrogen and oxygen atoms in total. The van der Waals surface area contributed by atoms with Crippen LogP contribution in [0.15, 0.2) is 22.0 Å². The van der Waals surface area contributed by atoms with Gasteiger partial charge in [-0.15, -0.1) is 11.3 Å². The number of benzene rings is 1. The minimum Gasteiger partial charge on any atom is -0.298 e. The van der Waals surface area contributed by atoms with Crippen molar-refractivity contribution in [1.29, 1.82) is 5.26 Å². The Morgan fingerprint density at radius 1 is 1.50 bits per heavy atom. The number of rotatable bonds is 1. The molecule has 14 heavy (non-hydrogen) atoms. The third-order valence-corrected chi connectivity index (χ3v) is 3.89. The lowest BCUT2D eigenvalue weighted by atomic mass is 10.1. The predicted molar refractivity (Wildman–Crippen MR) is 59.6 cm³/mol. The van der Waals surface area contributed by atoms with Crippen molar-refractivity contribution >= 4 is 43.6 Å². The van der Waals surface area contributed by atoms with Gasteiger partial charge in [0.25, 0.3) is 0 Å². The zero-order valence-corrected chi connectivity index (χ0v) is 9.35. The highest BCUT2D eigenvalue weighted by atomic mass is 79.9. The summed E-state index contributed by atoms with van der Waals surface area (Å²) in [6.07, 6.45) is 0.754. The fourth-order valence-electron chi connectivity index (χ4n) is 1.28. The number of nitriles is 1. The lowest BCUT2D eigenvalue weighted by Gasteiger charge is -1.95. The molecule has 0 saturated heterocycles. The van der Waals surface area contributed by atoms with E-state index in [1.54, 1.807) is 12.1 Å². The molecule has 4 heteroatoms. The molecule has 0 spiro atoms. The van der Waals surface area contributed by atoms with Crippen LogP contribution in [-0.4, -0.2) is 6.29 Å². The van der Waals surface area contributed by atoms with Crippen LogP contribution in [-0.2, 0) is 0 Å². The standard InChI is InChI=1S/C10H4BrNOS/c11-9-5-14-10-7(3-12)1-6(4-13)2-8(9)10/h1-2,4-5H. The Bertz CT molecular complexity index is 553. The fraction of sp³-hybridized carbons (Fsp3) is 0. The fourth-order valence-corrected chi connectivity index (χ4v) is 2.88. The Morgan fingerprint density at radius 2 is 2.29 bits per heavy atom. The number of thiophene rings is 1. The van der Waals surface area contributed by atoms with E-state index in [0.717, 1.165) is 20.8 Å². The normalized spacial score (nSPS) is 10.0. The molecule has 0 unspecified atom stereocenters. The van der Waals surface area contributed by atoms with E-state index in [0.29, 0.717) is 11.1 Å². The SMILES string of the molecule is N#Cc1cc(C=O)cc2c(Br)csc12. The monoisotopic (exact) mass is 265 g/mol. The second-order valence-corrected chi connectivity index (χ2v) is 4.49. The number of carbonyl (C=O) groups is 1. The van der Waals surface area contributed by atoms with Crippen molar-refractivity contribution in [2.45, 2.75) is 0 Å². The summed E-state index contributed by atoms with van der Waals surface area (Å²) in [6, 6.07) is 5.48. The van der Waals surface area contributed by atoms with Crippen molar-refractivity contribution in [2.75, 3.05) is 0 Å². The van der Waals surface area contributed by atoms with E-state index in [9.17, 15) is 4.79 Å². The molecule has 0 aliphatic rings. The van der Waals surface area contributed by atoms with E-state index >= 15 is 0 Å². The van der Waals surface area contributed by atoms with Crippen molar-refractivity contribution in [2.24, 2.45) is 0 Å². The molecule has 0 aliphatic carbocycles. The number of hydrogen-bond donors (Lipinski definition) is 0. The molecule has 0 amide bonds. The topological polar surface area (TPSA) is 40.9 Å². The number of aldehydes is 1. The molecular weight excluding hydrogens is 262 g/mol. The number of fused-ring (bicyclic) bond motifs is 1. The number of hydrogen-bond acceptors (Lipinski definition) is 3. The largest absolute Gasteiger partial charge is 0.298 e. The zero-order valence-electron chi connectivity index (χ0n) is 6.95. The Hall–Kier alpha value is -1.18. The van der Waals surface area contributed by atoms with Gasteiger partial charge in [0.15, 0.2) is 0 Å². The lowest BCUT2D eigenvalue weighted by Crippen LogP contribution is -1.82. The summed E-state index contributed by atoms with van der Waals surface area (Å²) in [4.78, 5) is 10.6. The van der Waals surface area contributed by atoms with Gasteiger partial charge in [-0.05, 0) is 28.1 Å². The number of carbonyl (C=O) groups excluding carboxylic acids is 1. The summed E-state index contributed by atoms with van der Waals surface area (Å²) in [5, 5.41) is 11.7. The second-order valence-electron chi connectivity index (χ2n) is 2.76. The van der Waals surface area contributed by atoms with Gasteiger partial charge in [0, 0.05) is 20.8 Å². The van der Waals surface area contributed by atoms with Gasteiger partial charge in [-0.25, -0.2) is 0 Å². The summed E-state index contributed by atoms with van der Waals surface area (Å²) in [6.45, 7) is 0. The maximum absolute atomic E-state index is 10.6. The van der Waals surface area contributed by atoms with Crippen molar-refractivity contribution in [1.82, 2.24) is 0 Å². The van der Waals surface area contributed by atoms with Gasteiger partial charge >= 0.3 is 0 Å². The smallest absolute Gasteiger partial charge is 0.150 e. The molecule has 2 rings (SSSR count). The second kappa shape index (κ2) is 3.52. The molecule has 1 aromatic carbocycles. The highest BCUT2D eigenvalue weighted by Crippen LogP contribution is 2.33. The minimum atomic E-state index is 0.535. The average Bonchev–Trinajstić information content (AvgIpc) is 2.59. The average molecular weight is 266 g/mol. The van der Waals surface area contributed by atoms with Crippen molar-refractivity contribution in [3.63, 3.8) is 0 Å². The van der Waals surface area contributed by atoms with Gasteiger partial charge in [-0.2, -0.15) is 5.26 Å². The van der Waals surface area contributed by atoms with Crippen LogP contribution in [0.3, 0.4) is 0 Å². The first-order chi connectivity index (χ1) is 6.76. The van der Waals surface area contributed by atoms with Gasteiger partial charge in [-0.1, -0.05) is 0 Å². The Labute approximate surface area is 92.9 Å². The van der Waals surface area contributed by atoms with E-state index in [1.165, 1.54) is 11.3 Å². The molecule has 68 valence electrons. The van der Waals surface area contributed by atoms with Gasteiger partial charge in [-0.3, -0.25) is 4.79 Å². The molecule has 0 radical (unpaired) electrons. The van der Waals surface area contributed by atoms with Crippen LogP contribution in [0.5, 0.6) is 0 Å². The molecular formula is C10H4BrNOS. The van der Waals surface area contributed by atoms with Crippen LogP contribution in [0.4, 0.5) is 0 Å². The van der Waals surface area contributed by atoms with E-state index in [1.807, 2.05) is 5.38 Å². The van der Waals surface area contributed by atoms with Gasteiger partial charge in [0.1, 0.15) is 12.4 Å². The minimum absolute atomic E-state index is 0.535. The number of nitrogens with zero attached hydrogens (tertiary/aromatic N) is 1. The summed E-state index contributed by atoms with van der Waals surface area (Å²) in [7, 11) is 0. The van der Waals surface area contributed by atoms with Crippen LogP contribution in [0.1, 0.15) is 15.9 Å². The highest BCUT2D eigenvalue weighted by Gasteiger charge is 2.08. The molecule has 1 aromatic heterocycles. The van der Waals surface area contributed by atoms with Crippen LogP contribution < -0.4 is 0 Å². The van der Waals surface area contributed by atoms with Gasteiger partial charge < -0.3 is 0 Å². The van der Waals surface area contributed by atoms with Gasteiger partial charge in [0.2, 0.25) is 0 Å². The summed E-state index contributed by atoms with van der Waals surface area (Å²) < 4.78 is 1.85. The van der Waals surface area contributed by atoms with E-state index in [-0.39, 0.29) is 0 Å². The van der Waals surface area contributed by atoms with E-state index in [4.69, 9.17) is 5.26 Å². The molecule has 2 aromatic rings. The maximum atomic E-state index is 10.6.